The van der Waals surface area contributed by atoms with Crippen molar-refractivity contribution in [3.05, 3.63) is 71.0 Å². The zero-order valence-corrected chi connectivity index (χ0v) is 20.9. The van der Waals surface area contributed by atoms with Crippen LogP contribution in [-0.2, 0) is 23.3 Å². The lowest BCUT2D eigenvalue weighted by atomic mass is 9.96. The highest BCUT2D eigenvalue weighted by atomic mass is 127. The monoisotopic (exact) mass is 550 g/mol. The number of carbonyl (C=O) groups excluding carboxylic acids is 1. The van der Waals surface area contributed by atoms with Crippen molar-refractivity contribution in [2.45, 2.75) is 51.1 Å². The lowest BCUT2D eigenvalue weighted by molar-refractivity contribution is -0.128. The molecule has 1 saturated heterocycles. The van der Waals surface area contributed by atoms with Crippen molar-refractivity contribution < 1.29 is 9.18 Å². The fraction of sp³-hybridized carbons (Fsp3) is 0.440. The molecule has 32 heavy (non-hydrogen) atoms. The van der Waals surface area contributed by atoms with Crippen molar-refractivity contribution in [3.8, 4) is 0 Å². The number of guanidine groups is 1. The predicted molar refractivity (Wildman–Crippen MR) is 137 cm³/mol. The van der Waals surface area contributed by atoms with Crippen LogP contribution in [0.1, 0.15) is 49.3 Å². The van der Waals surface area contributed by atoms with Crippen LogP contribution in [0.5, 0.6) is 0 Å². The molecule has 0 atom stereocenters. The van der Waals surface area contributed by atoms with Gasteiger partial charge in [0, 0.05) is 38.0 Å². The first kappa shape index (κ1) is 24.5. The predicted octanol–water partition coefficient (Wildman–Crippen LogP) is 4.35. The summed E-state index contributed by atoms with van der Waals surface area (Å²) in [7, 11) is 0. The van der Waals surface area contributed by atoms with E-state index in [1.165, 1.54) is 6.07 Å². The highest BCUT2D eigenvalue weighted by molar-refractivity contribution is 14.0. The summed E-state index contributed by atoms with van der Waals surface area (Å²) in [5, 5.41) is 6.75. The molecule has 1 aliphatic carbocycles. The molecular weight excluding hydrogens is 518 g/mol. The molecule has 2 aliphatic rings. The van der Waals surface area contributed by atoms with Gasteiger partial charge in [0.2, 0.25) is 5.91 Å². The summed E-state index contributed by atoms with van der Waals surface area (Å²) >= 11 is 0. The largest absolute Gasteiger partial charge is 0.357 e. The average Bonchev–Trinajstić information content (AvgIpc) is 3.47. The third-order valence-electron chi connectivity index (χ3n) is 6.22. The zero-order valence-electron chi connectivity index (χ0n) is 18.6. The van der Waals surface area contributed by atoms with E-state index in [0.717, 1.165) is 61.5 Å². The van der Waals surface area contributed by atoms with Gasteiger partial charge in [-0.25, -0.2) is 9.38 Å². The summed E-state index contributed by atoms with van der Waals surface area (Å²) in [6.07, 6.45) is 3.76. The molecule has 2 N–H and O–H groups in total. The molecule has 1 amide bonds. The van der Waals surface area contributed by atoms with E-state index in [1.54, 1.807) is 12.1 Å². The van der Waals surface area contributed by atoms with Gasteiger partial charge in [0.1, 0.15) is 5.82 Å². The second-order valence-corrected chi connectivity index (χ2v) is 8.57. The van der Waals surface area contributed by atoms with Crippen LogP contribution in [0.2, 0.25) is 0 Å². The van der Waals surface area contributed by atoms with E-state index in [4.69, 9.17) is 4.99 Å². The number of nitrogens with zero attached hydrogens (tertiary/aromatic N) is 2. The molecule has 0 aromatic heterocycles. The molecule has 2 fully saturated rings. The van der Waals surface area contributed by atoms with Crippen molar-refractivity contribution in [1.82, 2.24) is 15.5 Å². The Morgan fingerprint density at radius 1 is 1.12 bits per heavy atom. The lowest BCUT2D eigenvalue weighted by Gasteiger charge is -2.19. The molecule has 0 spiro atoms. The maximum atomic E-state index is 13.6. The van der Waals surface area contributed by atoms with Gasteiger partial charge in [0.15, 0.2) is 5.96 Å². The maximum Gasteiger partial charge on any atom is 0.222 e. The van der Waals surface area contributed by atoms with E-state index >= 15 is 0 Å². The van der Waals surface area contributed by atoms with Crippen molar-refractivity contribution in [1.29, 1.82) is 0 Å². The van der Waals surface area contributed by atoms with Crippen molar-refractivity contribution in [2.75, 3.05) is 19.6 Å². The van der Waals surface area contributed by atoms with E-state index < -0.39 is 0 Å². The number of benzene rings is 2. The van der Waals surface area contributed by atoms with E-state index in [0.29, 0.717) is 19.5 Å². The smallest absolute Gasteiger partial charge is 0.222 e. The summed E-state index contributed by atoms with van der Waals surface area (Å²) in [6.45, 7) is 5.69. The maximum absolute atomic E-state index is 13.6. The van der Waals surface area contributed by atoms with E-state index in [1.807, 2.05) is 17.9 Å². The van der Waals surface area contributed by atoms with E-state index in [-0.39, 0.29) is 41.1 Å². The number of hydrogen-bond acceptors (Lipinski definition) is 2. The molecule has 0 bridgehead atoms. The molecule has 2 aromatic rings. The molecule has 5 nitrogen and oxygen atoms in total. The normalized spacial score (nSPS) is 17.1. The lowest BCUT2D eigenvalue weighted by Crippen LogP contribution is -2.41. The number of likely N-dealkylation sites (tertiary alicyclic amines) is 1. The standard InChI is InChI=1S/C25H31FN4O.HI/c1-2-27-24(29-18-25(12-13-25)21-5-3-6-22(26)15-21)28-16-19-8-10-20(11-9-19)17-30-14-4-7-23(30)31;/h3,5-6,8-11,15H,2,4,7,12-14,16-18H2,1H3,(H2,27,28,29);1H. The molecule has 172 valence electrons. The minimum atomic E-state index is -0.179. The number of halogens is 2. The number of hydrogen-bond donors (Lipinski definition) is 2. The zero-order chi connectivity index (χ0) is 21.7. The van der Waals surface area contributed by atoms with Crippen LogP contribution in [0.25, 0.3) is 0 Å². The minimum Gasteiger partial charge on any atom is -0.357 e. The molecule has 7 heteroatoms. The summed E-state index contributed by atoms with van der Waals surface area (Å²) in [5.74, 6) is 0.848. The van der Waals surface area contributed by atoms with Gasteiger partial charge < -0.3 is 15.5 Å². The Kier molecular flexibility index (Phi) is 8.51. The Hall–Kier alpha value is -2.16. The first-order valence-corrected chi connectivity index (χ1v) is 11.2. The number of nitrogens with one attached hydrogen (secondary N) is 2. The Labute approximate surface area is 206 Å². The quantitative estimate of drug-likeness (QED) is 0.292. The summed E-state index contributed by atoms with van der Waals surface area (Å²) in [4.78, 5) is 18.5. The van der Waals surface area contributed by atoms with Crippen LogP contribution in [0.15, 0.2) is 53.5 Å². The van der Waals surface area contributed by atoms with Crippen LogP contribution in [0, 0.1) is 5.82 Å². The topological polar surface area (TPSA) is 56.7 Å². The number of rotatable bonds is 8. The van der Waals surface area contributed by atoms with E-state index in [9.17, 15) is 9.18 Å². The highest BCUT2D eigenvalue weighted by Gasteiger charge is 2.44. The fourth-order valence-corrected chi connectivity index (χ4v) is 4.14. The van der Waals surface area contributed by atoms with Crippen LogP contribution >= 0.6 is 24.0 Å². The molecule has 0 unspecified atom stereocenters. The molecule has 4 rings (SSSR count). The van der Waals surface area contributed by atoms with Crippen LogP contribution in [0.3, 0.4) is 0 Å². The van der Waals surface area contributed by atoms with Gasteiger partial charge in [-0.1, -0.05) is 36.4 Å². The molecule has 1 saturated carbocycles. The number of aliphatic imine (C=N–C) groups is 1. The molecular formula is C25H32FIN4O. The van der Waals surface area contributed by atoms with Gasteiger partial charge in [-0.15, -0.1) is 24.0 Å². The SMILES string of the molecule is CCNC(=NCc1ccc(CN2CCCC2=O)cc1)NCC1(c2cccc(F)c2)CC1.I. The Balaban J connectivity index is 0.00000289. The average molecular weight is 550 g/mol. The summed E-state index contributed by atoms with van der Waals surface area (Å²) in [6, 6.07) is 15.3. The molecule has 2 aromatic carbocycles. The van der Waals surface area contributed by atoms with Gasteiger partial charge in [-0.05, 0) is 55.0 Å². The first-order chi connectivity index (χ1) is 15.1. The second kappa shape index (κ2) is 11.1. The Morgan fingerprint density at radius 3 is 2.50 bits per heavy atom. The highest BCUT2D eigenvalue weighted by Crippen LogP contribution is 2.47. The molecule has 1 aliphatic heterocycles. The third kappa shape index (κ3) is 6.21. The first-order valence-electron chi connectivity index (χ1n) is 11.2. The Bertz CT molecular complexity index is 943. The second-order valence-electron chi connectivity index (χ2n) is 8.57. The van der Waals surface area contributed by atoms with Crippen LogP contribution in [-0.4, -0.2) is 36.4 Å². The van der Waals surface area contributed by atoms with E-state index in [2.05, 4.69) is 34.9 Å². The minimum absolute atomic E-state index is 0. The van der Waals surface area contributed by atoms with Gasteiger partial charge in [-0.2, -0.15) is 0 Å². The summed E-state index contributed by atoms with van der Waals surface area (Å²) in [5.41, 5.74) is 3.34. The number of carbonyl (C=O) groups is 1. The third-order valence-corrected chi connectivity index (χ3v) is 6.22. The van der Waals surface area contributed by atoms with Gasteiger partial charge in [0.25, 0.3) is 0 Å². The van der Waals surface area contributed by atoms with Crippen molar-refractivity contribution in [2.24, 2.45) is 4.99 Å². The summed E-state index contributed by atoms with van der Waals surface area (Å²) < 4.78 is 13.6. The van der Waals surface area contributed by atoms with Gasteiger partial charge in [0.05, 0.1) is 6.54 Å². The fourth-order valence-electron chi connectivity index (χ4n) is 4.14. The number of amides is 1. The van der Waals surface area contributed by atoms with Crippen molar-refractivity contribution in [3.63, 3.8) is 0 Å². The van der Waals surface area contributed by atoms with Crippen LogP contribution < -0.4 is 10.6 Å². The Morgan fingerprint density at radius 2 is 1.88 bits per heavy atom. The molecule has 1 heterocycles. The van der Waals surface area contributed by atoms with Crippen LogP contribution in [0.4, 0.5) is 4.39 Å². The van der Waals surface area contributed by atoms with Gasteiger partial charge in [-0.3, -0.25) is 4.79 Å². The molecule has 0 radical (unpaired) electrons. The van der Waals surface area contributed by atoms with Gasteiger partial charge >= 0.3 is 0 Å². The van der Waals surface area contributed by atoms with Crippen molar-refractivity contribution >= 4 is 35.8 Å².